The van der Waals surface area contributed by atoms with Crippen LogP contribution in [0.4, 0.5) is 13.2 Å². The van der Waals surface area contributed by atoms with Crippen LogP contribution in [0.1, 0.15) is 23.7 Å². The predicted molar refractivity (Wildman–Crippen MR) is 57.6 cm³/mol. The number of benzene rings is 1. The molecule has 2 rings (SSSR count). The van der Waals surface area contributed by atoms with Gasteiger partial charge in [-0.05, 0) is 25.5 Å². The molecule has 1 aromatic rings. The van der Waals surface area contributed by atoms with Crippen LogP contribution in [-0.2, 0) is 4.74 Å². The third-order valence-electron chi connectivity index (χ3n) is 2.96. The van der Waals surface area contributed by atoms with E-state index in [0.29, 0.717) is 19.1 Å². The predicted octanol–water partition coefficient (Wildman–Crippen LogP) is 2.01. The van der Waals surface area contributed by atoms with Crippen LogP contribution in [0.3, 0.4) is 0 Å². The Labute approximate surface area is 102 Å². The Hall–Kier alpha value is -1.56. The molecule has 3 nitrogen and oxygen atoms in total. The lowest BCUT2D eigenvalue weighted by molar-refractivity contribution is 0.0858. The summed E-state index contributed by atoms with van der Waals surface area (Å²) in [5.74, 6) is -4.78. The maximum atomic E-state index is 13.4. The number of amides is 1. The minimum absolute atomic E-state index is 0.228. The number of hydrogen-bond acceptors (Lipinski definition) is 2. The molecule has 0 bridgehead atoms. The number of rotatable bonds is 2. The Kier molecular flexibility index (Phi) is 3.56. The van der Waals surface area contributed by atoms with E-state index >= 15 is 0 Å². The molecule has 1 amide bonds. The Morgan fingerprint density at radius 2 is 2.00 bits per heavy atom. The molecule has 1 fully saturated rings. The third-order valence-corrected chi connectivity index (χ3v) is 2.96. The summed E-state index contributed by atoms with van der Waals surface area (Å²) in [6.45, 7) is 2.22. The van der Waals surface area contributed by atoms with Crippen LogP contribution in [-0.4, -0.2) is 24.7 Å². The van der Waals surface area contributed by atoms with Crippen molar-refractivity contribution in [2.45, 2.75) is 25.5 Å². The minimum atomic E-state index is -1.47. The van der Waals surface area contributed by atoms with Gasteiger partial charge in [0, 0.05) is 6.61 Å². The summed E-state index contributed by atoms with van der Waals surface area (Å²) in [6.07, 6.45) is 0.333. The summed E-state index contributed by atoms with van der Waals surface area (Å²) in [4.78, 5) is 11.7. The molecule has 1 aromatic carbocycles. The maximum Gasteiger partial charge on any atom is 0.257 e. The first-order chi connectivity index (χ1) is 8.50. The average molecular weight is 259 g/mol. The van der Waals surface area contributed by atoms with Crippen LogP contribution in [0, 0.1) is 17.5 Å². The van der Waals surface area contributed by atoms with Crippen molar-refractivity contribution >= 4 is 5.91 Å². The highest BCUT2D eigenvalue weighted by Crippen LogP contribution is 2.18. The second-order valence-electron chi connectivity index (χ2n) is 4.16. The number of halogens is 3. The van der Waals surface area contributed by atoms with Crippen molar-refractivity contribution in [1.29, 1.82) is 0 Å². The van der Waals surface area contributed by atoms with Gasteiger partial charge in [-0.25, -0.2) is 13.2 Å². The molecule has 1 aliphatic heterocycles. The van der Waals surface area contributed by atoms with Crippen LogP contribution in [0.5, 0.6) is 0 Å². The van der Waals surface area contributed by atoms with Gasteiger partial charge in [-0.3, -0.25) is 4.79 Å². The average Bonchev–Trinajstić information content (AvgIpc) is 2.70. The smallest absolute Gasteiger partial charge is 0.257 e. The number of nitrogens with one attached hydrogen (secondary N) is 1. The lowest BCUT2D eigenvalue weighted by Crippen LogP contribution is -2.40. The molecule has 18 heavy (non-hydrogen) atoms. The summed E-state index contributed by atoms with van der Waals surface area (Å²) < 4.78 is 44.9. The first-order valence-electron chi connectivity index (χ1n) is 5.56. The highest BCUT2D eigenvalue weighted by atomic mass is 19.2. The molecular formula is C12H12F3NO2. The van der Waals surface area contributed by atoms with Crippen LogP contribution in [0.25, 0.3) is 0 Å². The van der Waals surface area contributed by atoms with E-state index in [9.17, 15) is 18.0 Å². The van der Waals surface area contributed by atoms with Crippen molar-refractivity contribution in [1.82, 2.24) is 5.32 Å². The van der Waals surface area contributed by atoms with E-state index in [4.69, 9.17) is 4.74 Å². The molecular weight excluding hydrogens is 247 g/mol. The molecule has 1 saturated heterocycles. The SMILES string of the molecule is C[C@@H]1OCC[C@H]1NC(=O)c1c(F)ccc(F)c1F. The van der Waals surface area contributed by atoms with Gasteiger partial charge in [0.25, 0.3) is 5.91 Å². The highest BCUT2D eigenvalue weighted by molar-refractivity contribution is 5.95. The summed E-state index contributed by atoms with van der Waals surface area (Å²) in [6, 6.07) is 1.05. The molecule has 0 aliphatic carbocycles. The Bertz CT molecular complexity index is 479. The molecule has 0 unspecified atom stereocenters. The fraction of sp³-hybridized carbons (Fsp3) is 0.417. The molecule has 1 N–H and O–H groups in total. The second-order valence-corrected chi connectivity index (χ2v) is 4.16. The van der Waals surface area contributed by atoms with E-state index < -0.39 is 28.9 Å². The fourth-order valence-electron chi connectivity index (χ4n) is 1.90. The Balaban J connectivity index is 2.21. The Morgan fingerprint density at radius 1 is 1.33 bits per heavy atom. The van der Waals surface area contributed by atoms with Gasteiger partial charge < -0.3 is 10.1 Å². The van der Waals surface area contributed by atoms with Crippen molar-refractivity contribution in [2.24, 2.45) is 0 Å². The number of carbonyl (C=O) groups excluding carboxylic acids is 1. The topological polar surface area (TPSA) is 38.3 Å². The van der Waals surface area contributed by atoms with Gasteiger partial charge in [0.05, 0.1) is 12.1 Å². The molecule has 0 radical (unpaired) electrons. The number of carbonyl (C=O) groups is 1. The third kappa shape index (κ3) is 2.33. The molecule has 1 heterocycles. The van der Waals surface area contributed by atoms with Crippen molar-refractivity contribution in [3.8, 4) is 0 Å². The Morgan fingerprint density at radius 3 is 2.61 bits per heavy atom. The van der Waals surface area contributed by atoms with Gasteiger partial charge in [0.15, 0.2) is 11.6 Å². The zero-order valence-electron chi connectivity index (χ0n) is 9.67. The van der Waals surface area contributed by atoms with Crippen LogP contribution < -0.4 is 5.32 Å². The first-order valence-corrected chi connectivity index (χ1v) is 5.56. The number of hydrogen-bond donors (Lipinski definition) is 1. The van der Waals surface area contributed by atoms with Gasteiger partial charge in [0.2, 0.25) is 0 Å². The van der Waals surface area contributed by atoms with Crippen LogP contribution in [0.2, 0.25) is 0 Å². The summed E-state index contributed by atoms with van der Waals surface area (Å²) >= 11 is 0. The maximum absolute atomic E-state index is 13.4. The first kappa shape index (κ1) is 12.9. The second kappa shape index (κ2) is 4.97. The lowest BCUT2D eigenvalue weighted by Gasteiger charge is -2.16. The van der Waals surface area contributed by atoms with E-state index in [1.54, 1.807) is 6.92 Å². The molecule has 98 valence electrons. The van der Waals surface area contributed by atoms with Crippen molar-refractivity contribution in [3.63, 3.8) is 0 Å². The van der Waals surface area contributed by atoms with E-state index in [1.165, 1.54) is 0 Å². The van der Waals surface area contributed by atoms with Crippen LogP contribution >= 0.6 is 0 Å². The normalized spacial score (nSPS) is 23.1. The minimum Gasteiger partial charge on any atom is -0.376 e. The van der Waals surface area contributed by atoms with E-state index in [1.807, 2.05) is 0 Å². The standard InChI is InChI=1S/C12H12F3NO2/c1-6-9(4-5-18-6)16-12(17)10-7(13)2-3-8(14)11(10)15/h2-3,6,9H,4-5H2,1H3,(H,16,17)/t6-,9+/m0/s1. The molecule has 2 atom stereocenters. The largest absolute Gasteiger partial charge is 0.376 e. The fourth-order valence-corrected chi connectivity index (χ4v) is 1.90. The van der Waals surface area contributed by atoms with Gasteiger partial charge in [-0.1, -0.05) is 0 Å². The molecule has 0 aromatic heterocycles. The summed E-state index contributed by atoms with van der Waals surface area (Å²) in [7, 11) is 0. The van der Waals surface area contributed by atoms with Gasteiger partial charge >= 0.3 is 0 Å². The van der Waals surface area contributed by atoms with Crippen molar-refractivity contribution in [3.05, 3.63) is 35.1 Å². The zero-order valence-corrected chi connectivity index (χ0v) is 9.67. The van der Waals surface area contributed by atoms with Gasteiger partial charge in [-0.15, -0.1) is 0 Å². The quantitative estimate of drug-likeness (QED) is 0.825. The van der Waals surface area contributed by atoms with E-state index in [2.05, 4.69) is 5.32 Å². The van der Waals surface area contributed by atoms with Crippen molar-refractivity contribution in [2.75, 3.05) is 6.61 Å². The number of ether oxygens (including phenoxy) is 1. The van der Waals surface area contributed by atoms with Crippen molar-refractivity contribution < 1.29 is 22.7 Å². The molecule has 0 saturated carbocycles. The van der Waals surface area contributed by atoms with E-state index in [-0.39, 0.29) is 12.1 Å². The van der Waals surface area contributed by atoms with Gasteiger partial charge in [-0.2, -0.15) is 0 Å². The summed E-state index contributed by atoms with van der Waals surface area (Å²) in [5, 5.41) is 2.44. The lowest BCUT2D eigenvalue weighted by atomic mass is 10.1. The zero-order chi connectivity index (χ0) is 13.3. The van der Waals surface area contributed by atoms with Crippen LogP contribution in [0.15, 0.2) is 12.1 Å². The highest BCUT2D eigenvalue weighted by Gasteiger charge is 2.28. The molecule has 1 aliphatic rings. The van der Waals surface area contributed by atoms with Gasteiger partial charge in [0.1, 0.15) is 11.4 Å². The molecule has 0 spiro atoms. The monoisotopic (exact) mass is 259 g/mol. The summed E-state index contributed by atoms with van der Waals surface area (Å²) in [5.41, 5.74) is -0.894. The molecule has 6 heteroatoms. The van der Waals surface area contributed by atoms with E-state index in [0.717, 1.165) is 6.07 Å².